The van der Waals surface area contributed by atoms with Crippen LogP contribution in [0.1, 0.15) is 32.4 Å². The molecular formula is C13H23N3S. The average molecular weight is 253 g/mol. The summed E-state index contributed by atoms with van der Waals surface area (Å²) in [7, 11) is 0. The predicted molar refractivity (Wildman–Crippen MR) is 74.9 cm³/mol. The quantitative estimate of drug-likeness (QED) is 0.894. The maximum absolute atomic E-state index is 4.62. The summed E-state index contributed by atoms with van der Waals surface area (Å²) in [4.78, 5) is 7.08. The molecule has 0 aromatic carbocycles. The van der Waals surface area contributed by atoms with Gasteiger partial charge in [0.05, 0.1) is 5.69 Å². The van der Waals surface area contributed by atoms with Crippen LogP contribution in [-0.4, -0.2) is 30.7 Å². The standard InChI is InChI=1S/C13H23N3S/c1-10(2)16(13-15-11(3)9-17-13)8-12-5-4-6-14-7-12/h9-10,12,14H,4-8H2,1-3H3. The van der Waals surface area contributed by atoms with Crippen LogP contribution in [0.4, 0.5) is 5.13 Å². The fraction of sp³-hybridized carbons (Fsp3) is 0.769. The van der Waals surface area contributed by atoms with Gasteiger partial charge in [-0.2, -0.15) is 0 Å². The van der Waals surface area contributed by atoms with Gasteiger partial charge in [0.25, 0.3) is 0 Å². The number of hydrogen-bond donors (Lipinski definition) is 1. The van der Waals surface area contributed by atoms with E-state index in [-0.39, 0.29) is 0 Å². The second kappa shape index (κ2) is 5.83. The van der Waals surface area contributed by atoms with E-state index in [9.17, 15) is 0 Å². The molecule has 0 spiro atoms. The van der Waals surface area contributed by atoms with Crippen LogP contribution in [0, 0.1) is 12.8 Å². The van der Waals surface area contributed by atoms with E-state index in [0.29, 0.717) is 6.04 Å². The molecule has 1 fully saturated rings. The minimum Gasteiger partial charge on any atom is -0.345 e. The first-order valence-corrected chi connectivity index (χ1v) is 7.44. The Kier molecular flexibility index (Phi) is 4.40. The highest BCUT2D eigenvalue weighted by molar-refractivity contribution is 7.13. The molecule has 0 aliphatic carbocycles. The van der Waals surface area contributed by atoms with Crippen LogP contribution in [-0.2, 0) is 0 Å². The zero-order valence-electron chi connectivity index (χ0n) is 11.1. The normalized spacial score (nSPS) is 20.8. The van der Waals surface area contributed by atoms with Crippen molar-refractivity contribution in [3.05, 3.63) is 11.1 Å². The van der Waals surface area contributed by atoms with Crippen LogP contribution in [0.2, 0.25) is 0 Å². The molecule has 1 N–H and O–H groups in total. The number of hydrogen-bond acceptors (Lipinski definition) is 4. The first-order chi connectivity index (χ1) is 8.16. The van der Waals surface area contributed by atoms with Gasteiger partial charge in [0.2, 0.25) is 0 Å². The van der Waals surface area contributed by atoms with Crippen molar-refractivity contribution in [1.29, 1.82) is 0 Å². The van der Waals surface area contributed by atoms with E-state index in [1.54, 1.807) is 11.3 Å². The molecule has 96 valence electrons. The summed E-state index contributed by atoms with van der Waals surface area (Å²) in [5.41, 5.74) is 1.14. The first-order valence-electron chi connectivity index (χ1n) is 6.56. The highest BCUT2D eigenvalue weighted by Gasteiger charge is 2.20. The van der Waals surface area contributed by atoms with Crippen LogP contribution in [0.15, 0.2) is 5.38 Å². The van der Waals surface area contributed by atoms with Crippen molar-refractivity contribution in [2.24, 2.45) is 5.92 Å². The number of anilines is 1. The van der Waals surface area contributed by atoms with Gasteiger partial charge < -0.3 is 10.2 Å². The Morgan fingerprint density at radius 3 is 2.94 bits per heavy atom. The summed E-state index contributed by atoms with van der Waals surface area (Å²) < 4.78 is 0. The zero-order chi connectivity index (χ0) is 12.3. The van der Waals surface area contributed by atoms with Crippen LogP contribution in [0.25, 0.3) is 0 Å². The van der Waals surface area contributed by atoms with Crippen molar-refractivity contribution in [3.63, 3.8) is 0 Å². The third-order valence-corrected chi connectivity index (χ3v) is 4.33. The maximum Gasteiger partial charge on any atom is 0.185 e. The second-order valence-electron chi connectivity index (χ2n) is 5.23. The van der Waals surface area contributed by atoms with Crippen molar-refractivity contribution >= 4 is 16.5 Å². The van der Waals surface area contributed by atoms with Gasteiger partial charge in [-0.3, -0.25) is 0 Å². The summed E-state index contributed by atoms with van der Waals surface area (Å²) in [5.74, 6) is 0.773. The van der Waals surface area contributed by atoms with Gasteiger partial charge in [-0.25, -0.2) is 4.98 Å². The third kappa shape index (κ3) is 3.42. The molecule has 0 amide bonds. The predicted octanol–water partition coefficient (Wildman–Crippen LogP) is 2.67. The number of rotatable bonds is 4. The summed E-state index contributed by atoms with van der Waals surface area (Å²) in [6, 6.07) is 0.530. The zero-order valence-corrected chi connectivity index (χ0v) is 11.9. The van der Waals surface area contributed by atoms with E-state index in [2.05, 4.69) is 41.4 Å². The summed E-state index contributed by atoms with van der Waals surface area (Å²) in [6.45, 7) is 10.1. The molecule has 1 saturated heterocycles. The Balaban J connectivity index is 2.01. The Bertz CT molecular complexity index is 342. The minimum absolute atomic E-state index is 0.530. The highest BCUT2D eigenvalue weighted by atomic mass is 32.1. The molecule has 17 heavy (non-hydrogen) atoms. The summed E-state index contributed by atoms with van der Waals surface area (Å²) >= 11 is 1.77. The number of nitrogens with one attached hydrogen (secondary N) is 1. The molecule has 1 atom stereocenters. The fourth-order valence-electron chi connectivity index (χ4n) is 2.34. The lowest BCUT2D eigenvalue weighted by atomic mass is 9.99. The number of aryl methyl sites for hydroxylation is 1. The molecule has 3 nitrogen and oxygen atoms in total. The van der Waals surface area contributed by atoms with E-state index in [0.717, 1.165) is 24.7 Å². The average Bonchev–Trinajstić information content (AvgIpc) is 2.73. The Hall–Kier alpha value is -0.610. The van der Waals surface area contributed by atoms with E-state index >= 15 is 0 Å². The lowest BCUT2D eigenvalue weighted by Gasteiger charge is -2.32. The molecule has 0 saturated carbocycles. The smallest absolute Gasteiger partial charge is 0.185 e. The van der Waals surface area contributed by atoms with Gasteiger partial charge in [-0.15, -0.1) is 11.3 Å². The lowest BCUT2D eigenvalue weighted by molar-refractivity contribution is 0.371. The van der Waals surface area contributed by atoms with Crippen molar-refractivity contribution in [3.8, 4) is 0 Å². The number of aromatic nitrogens is 1. The molecule has 2 heterocycles. The van der Waals surface area contributed by atoms with Gasteiger partial charge in [0.15, 0.2) is 5.13 Å². The maximum atomic E-state index is 4.62. The number of piperidine rings is 1. The lowest BCUT2D eigenvalue weighted by Crippen LogP contribution is -2.41. The van der Waals surface area contributed by atoms with Crippen molar-refractivity contribution in [2.75, 3.05) is 24.5 Å². The van der Waals surface area contributed by atoms with Crippen molar-refractivity contribution in [2.45, 2.75) is 39.7 Å². The molecule has 1 unspecified atom stereocenters. The molecule has 1 aromatic heterocycles. The largest absolute Gasteiger partial charge is 0.345 e. The van der Waals surface area contributed by atoms with Gasteiger partial charge in [-0.1, -0.05) is 0 Å². The van der Waals surface area contributed by atoms with E-state index < -0.39 is 0 Å². The van der Waals surface area contributed by atoms with Gasteiger partial charge in [-0.05, 0) is 52.6 Å². The molecule has 1 aromatic rings. The van der Waals surface area contributed by atoms with E-state index in [4.69, 9.17) is 0 Å². The molecule has 0 bridgehead atoms. The minimum atomic E-state index is 0.530. The third-order valence-electron chi connectivity index (χ3n) is 3.33. The molecular weight excluding hydrogens is 230 g/mol. The molecule has 2 rings (SSSR count). The number of nitrogens with zero attached hydrogens (tertiary/aromatic N) is 2. The van der Waals surface area contributed by atoms with Crippen LogP contribution in [0.3, 0.4) is 0 Å². The van der Waals surface area contributed by atoms with Crippen LogP contribution >= 0.6 is 11.3 Å². The highest BCUT2D eigenvalue weighted by Crippen LogP contribution is 2.24. The van der Waals surface area contributed by atoms with Gasteiger partial charge in [0.1, 0.15) is 0 Å². The Morgan fingerprint density at radius 1 is 1.59 bits per heavy atom. The molecule has 1 aliphatic rings. The fourth-order valence-corrected chi connectivity index (χ4v) is 3.29. The van der Waals surface area contributed by atoms with E-state index in [1.165, 1.54) is 24.5 Å². The van der Waals surface area contributed by atoms with Crippen LogP contribution in [0.5, 0.6) is 0 Å². The second-order valence-corrected chi connectivity index (χ2v) is 6.07. The van der Waals surface area contributed by atoms with Gasteiger partial charge >= 0.3 is 0 Å². The first kappa shape index (κ1) is 12.8. The van der Waals surface area contributed by atoms with Crippen LogP contribution < -0.4 is 10.2 Å². The molecule has 0 radical (unpaired) electrons. The molecule has 1 aliphatic heterocycles. The van der Waals surface area contributed by atoms with Crippen molar-refractivity contribution < 1.29 is 0 Å². The molecule has 4 heteroatoms. The van der Waals surface area contributed by atoms with Gasteiger partial charge in [0, 0.05) is 18.0 Å². The monoisotopic (exact) mass is 253 g/mol. The topological polar surface area (TPSA) is 28.2 Å². The van der Waals surface area contributed by atoms with Crippen molar-refractivity contribution in [1.82, 2.24) is 10.3 Å². The SMILES string of the molecule is Cc1csc(N(CC2CCCNC2)C(C)C)n1. The Labute approximate surface area is 108 Å². The Morgan fingerprint density at radius 2 is 2.41 bits per heavy atom. The summed E-state index contributed by atoms with van der Waals surface area (Å²) in [5, 5.41) is 6.82. The van der Waals surface area contributed by atoms with E-state index in [1.807, 2.05) is 0 Å². The summed E-state index contributed by atoms with van der Waals surface area (Å²) in [6.07, 6.45) is 2.66. The number of thiazole rings is 1.